The van der Waals surface area contributed by atoms with Gasteiger partial charge in [0.05, 0.1) is 5.02 Å². The summed E-state index contributed by atoms with van der Waals surface area (Å²) < 4.78 is 26.9. The number of nitrogens with one attached hydrogen (secondary N) is 1. The van der Waals surface area contributed by atoms with Crippen LogP contribution in [-0.4, -0.2) is 14.5 Å². The van der Waals surface area contributed by atoms with Crippen LogP contribution in [0.1, 0.15) is 26.2 Å². The first-order valence-electron chi connectivity index (χ1n) is 6.01. The highest BCUT2D eigenvalue weighted by atomic mass is 35.5. The molecule has 0 amide bonds. The number of benzene rings is 1. The van der Waals surface area contributed by atoms with E-state index in [-0.39, 0.29) is 16.0 Å². The molecule has 3 N–H and O–H groups in total. The van der Waals surface area contributed by atoms with Crippen LogP contribution in [0.25, 0.3) is 0 Å². The number of nitrogen functional groups attached to an aromatic ring is 1. The third kappa shape index (κ3) is 2.96. The van der Waals surface area contributed by atoms with Gasteiger partial charge in [0.25, 0.3) is 0 Å². The molecule has 0 bridgehead atoms. The molecule has 0 heterocycles. The summed E-state index contributed by atoms with van der Waals surface area (Å²) in [5.74, 6) is 0.470. The van der Waals surface area contributed by atoms with Crippen LogP contribution in [0.5, 0.6) is 0 Å². The maximum atomic E-state index is 12.1. The molecule has 0 aliphatic heterocycles. The summed E-state index contributed by atoms with van der Waals surface area (Å²) in [5.41, 5.74) is 6.00. The lowest BCUT2D eigenvalue weighted by molar-refractivity contribution is 0.573. The first-order chi connectivity index (χ1) is 8.44. The van der Waals surface area contributed by atoms with E-state index in [9.17, 15) is 8.42 Å². The number of hydrogen-bond acceptors (Lipinski definition) is 3. The topological polar surface area (TPSA) is 72.2 Å². The minimum absolute atomic E-state index is 0.0589. The van der Waals surface area contributed by atoms with Gasteiger partial charge in [-0.05, 0) is 37.0 Å². The van der Waals surface area contributed by atoms with Crippen LogP contribution in [0, 0.1) is 5.92 Å². The van der Waals surface area contributed by atoms with Crippen molar-refractivity contribution in [1.29, 1.82) is 0 Å². The van der Waals surface area contributed by atoms with E-state index in [2.05, 4.69) is 11.6 Å². The number of anilines is 1. The monoisotopic (exact) mass is 288 g/mol. The summed E-state index contributed by atoms with van der Waals surface area (Å²) in [6.07, 6.45) is 3.05. The highest BCUT2D eigenvalue weighted by Gasteiger charge is 2.39. The van der Waals surface area contributed by atoms with E-state index in [1.165, 1.54) is 18.2 Å². The summed E-state index contributed by atoms with van der Waals surface area (Å²) in [7, 11) is -3.53. The van der Waals surface area contributed by atoms with Gasteiger partial charge >= 0.3 is 0 Å². The van der Waals surface area contributed by atoms with Crippen LogP contribution in [0.3, 0.4) is 0 Å². The standard InChI is InChI=1S/C12H17ClN2O2S/c1-2-3-8-6-11(8)15-18(16,17)12-5-4-9(14)7-10(12)13/h4-5,7-8,11,15H,2-3,6,14H2,1H3. The van der Waals surface area contributed by atoms with Gasteiger partial charge in [-0.15, -0.1) is 0 Å². The predicted molar refractivity (Wildman–Crippen MR) is 73.0 cm³/mol. The summed E-state index contributed by atoms with van der Waals surface area (Å²) in [6.45, 7) is 2.10. The van der Waals surface area contributed by atoms with Crippen molar-refractivity contribution >= 4 is 27.3 Å². The van der Waals surface area contributed by atoms with E-state index in [4.69, 9.17) is 17.3 Å². The van der Waals surface area contributed by atoms with Crippen molar-refractivity contribution in [2.45, 2.75) is 37.1 Å². The van der Waals surface area contributed by atoms with Crippen molar-refractivity contribution in [3.63, 3.8) is 0 Å². The lowest BCUT2D eigenvalue weighted by Gasteiger charge is -2.08. The molecule has 1 aliphatic carbocycles. The van der Waals surface area contributed by atoms with E-state index in [1.54, 1.807) is 0 Å². The Balaban J connectivity index is 2.12. The van der Waals surface area contributed by atoms with Crippen LogP contribution in [0.2, 0.25) is 5.02 Å². The van der Waals surface area contributed by atoms with E-state index < -0.39 is 10.0 Å². The van der Waals surface area contributed by atoms with Gasteiger partial charge in [0.1, 0.15) is 4.90 Å². The van der Waals surface area contributed by atoms with Crippen molar-refractivity contribution in [1.82, 2.24) is 4.72 Å². The molecule has 0 aromatic heterocycles. The second-order valence-corrected chi connectivity index (χ2v) is 6.79. The van der Waals surface area contributed by atoms with Crippen LogP contribution in [0.4, 0.5) is 5.69 Å². The smallest absolute Gasteiger partial charge is 0.242 e. The van der Waals surface area contributed by atoms with Crippen LogP contribution in [-0.2, 0) is 10.0 Å². The molecule has 2 rings (SSSR count). The lowest BCUT2D eigenvalue weighted by Crippen LogP contribution is -2.27. The molecule has 6 heteroatoms. The molecule has 1 fully saturated rings. The minimum atomic E-state index is -3.53. The zero-order valence-electron chi connectivity index (χ0n) is 10.2. The van der Waals surface area contributed by atoms with Gasteiger partial charge in [-0.1, -0.05) is 24.9 Å². The Kier molecular flexibility index (Phi) is 3.84. The minimum Gasteiger partial charge on any atom is -0.399 e. The van der Waals surface area contributed by atoms with Crippen molar-refractivity contribution in [3.05, 3.63) is 23.2 Å². The van der Waals surface area contributed by atoms with Gasteiger partial charge in [0.2, 0.25) is 10.0 Å². The molecule has 0 radical (unpaired) electrons. The van der Waals surface area contributed by atoms with E-state index >= 15 is 0 Å². The Labute approximate surface area is 113 Å². The quantitative estimate of drug-likeness (QED) is 0.817. The van der Waals surface area contributed by atoms with Gasteiger partial charge < -0.3 is 5.73 Å². The fourth-order valence-corrected chi connectivity index (χ4v) is 3.95. The van der Waals surface area contributed by atoms with E-state index in [0.717, 1.165) is 19.3 Å². The zero-order valence-corrected chi connectivity index (χ0v) is 11.8. The Morgan fingerprint density at radius 1 is 1.50 bits per heavy atom. The van der Waals surface area contributed by atoms with E-state index in [1.807, 2.05) is 0 Å². The fraction of sp³-hybridized carbons (Fsp3) is 0.500. The Bertz CT molecular complexity index is 545. The largest absolute Gasteiger partial charge is 0.399 e. The average Bonchev–Trinajstić information content (AvgIpc) is 2.95. The summed E-state index contributed by atoms with van der Waals surface area (Å²) in [5, 5.41) is 0.162. The number of nitrogens with two attached hydrogens (primary N) is 1. The molecule has 0 saturated heterocycles. The van der Waals surface area contributed by atoms with Gasteiger partial charge in [-0.2, -0.15) is 0 Å². The molecule has 1 aliphatic rings. The molecule has 2 atom stereocenters. The Hall–Kier alpha value is -0.780. The summed E-state index contributed by atoms with van der Waals surface area (Å²) >= 11 is 5.92. The van der Waals surface area contributed by atoms with Crippen LogP contribution < -0.4 is 10.5 Å². The van der Waals surface area contributed by atoms with E-state index in [0.29, 0.717) is 11.6 Å². The molecule has 18 heavy (non-hydrogen) atoms. The van der Waals surface area contributed by atoms with Crippen LogP contribution >= 0.6 is 11.6 Å². The lowest BCUT2D eigenvalue weighted by atomic mass is 10.2. The molecular formula is C12H17ClN2O2S. The van der Waals surface area contributed by atoms with Gasteiger partial charge in [-0.25, -0.2) is 13.1 Å². The fourth-order valence-electron chi connectivity index (χ4n) is 2.08. The normalized spacial score (nSPS) is 23.0. The number of hydrogen-bond donors (Lipinski definition) is 2. The zero-order chi connectivity index (χ0) is 13.3. The first-order valence-corrected chi connectivity index (χ1v) is 7.87. The summed E-state index contributed by atoms with van der Waals surface area (Å²) in [6, 6.07) is 4.49. The molecule has 1 aromatic carbocycles. The molecule has 4 nitrogen and oxygen atoms in total. The Morgan fingerprint density at radius 2 is 2.22 bits per heavy atom. The third-order valence-electron chi connectivity index (χ3n) is 3.13. The van der Waals surface area contributed by atoms with Gasteiger partial charge in [0.15, 0.2) is 0 Å². The number of halogens is 1. The van der Waals surface area contributed by atoms with Crippen molar-refractivity contribution < 1.29 is 8.42 Å². The SMILES string of the molecule is CCCC1CC1NS(=O)(=O)c1ccc(N)cc1Cl. The molecule has 1 aromatic rings. The summed E-state index contributed by atoms with van der Waals surface area (Å²) in [4.78, 5) is 0.0977. The highest BCUT2D eigenvalue weighted by Crippen LogP contribution is 2.36. The first kappa shape index (κ1) is 13.6. The highest BCUT2D eigenvalue weighted by molar-refractivity contribution is 7.89. The number of sulfonamides is 1. The van der Waals surface area contributed by atoms with Crippen molar-refractivity contribution in [2.24, 2.45) is 5.92 Å². The average molecular weight is 289 g/mol. The van der Waals surface area contributed by atoms with Gasteiger partial charge in [-0.3, -0.25) is 0 Å². The second kappa shape index (κ2) is 5.07. The maximum absolute atomic E-state index is 12.1. The van der Waals surface area contributed by atoms with Crippen molar-refractivity contribution in [2.75, 3.05) is 5.73 Å². The van der Waals surface area contributed by atoms with Gasteiger partial charge in [0, 0.05) is 11.7 Å². The maximum Gasteiger partial charge on any atom is 0.242 e. The third-order valence-corrected chi connectivity index (χ3v) is 5.11. The van der Waals surface area contributed by atoms with Crippen molar-refractivity contribution in [3.8, 4) is 0 Å². The molecule has 0 spiro atoms. The molecule has 2 unspecified atom stereocenters. The van der Waals surface area contributed by atoms with Crippen LogP contribution in [0.15, 0.2) is 23.1 Å². The molecular weight excluding hydrogens is 272 g/mol. The second-order valence-electron chi connectivity index (χ2n) is 4.70. The Morgan fingerprint density at radius 3 is 2.83 bits per heavy atom. The predicted octanol–water partition coefficient (Wildman–Crippen LogP) is 2.39. The number of rotatable bonds is 5. The molecule has 100 valence electrons. The molecule has 1 saturated carbocycles.